The van der Waals surface area contributed by atoms with E-state index in [1.807, 2.05) is 26.0 Å². The van der Waals surface area contributed by atoms with Crippen molar-refractivity contribution in [3.05, 3.63) is 35.4 Å². The Morgan fingerprint density at radius 3 is 2.22 bits per heavy atom. The van der Waals surface area contributed by atoms with Gasteiger partial charge < -0.3 is 11.1 Å². The van der Waals surface area contributed by atoms with Crippen molar-refractivity contribution >= 4 is 5.91 Å². The minimum atomic E-state index is -0.412. The van der Waals surface area contributed by atoms with Gasteiger partial charge in [-0.2, -0.15) is 0 Å². The van der Waals surface area contributed by atoms with Crippen molar-refractivity contribution in [3.8, 4) is 0 Å². The van der Waals surface area contributed by atoms with Crippen molar-refractivity contribution in [2.45, 2.75) is 40.2 Å². The predicted molar refractivity (Wildman–Crippen MR) is 75.1 cm³/mol. The molecule has 0 radical (unpaired) electrons. The summed E-state index contributed by atoms with van der Waals surface area (Å²) in [5.74, 6) is 0.0653. The van der Waals surface area contributed by atoms with E-state index in [4.69, 9.17) is 5.73 Å². The molecule has 0 heterocycles. The van der Waals surface area contributed by atoms with Crippen LogP contribution < -0.4 is 11.1 Å². The van der Waals surface area contributed by atoms with E-state index in [9.17, 15) is 4.79 Å². The van der Waals surface area contributed by atoms with Gasteiger partial charge in [0.15, 0.2) is 0 Å². The van der Waals surface area contributed by atoms with Gasteiger partial charge in [-0.1, -0.05) is 43.7 Å². The lowest BCUT2D eigenvalue weighted by Crippen LogP contribution is -2.45. The maximum Gasteiger partial charge on any atom is 0.227 e. The molecule has 0 spiro atoms. The summed E-state index contributed by atoms with van der Waals surface area (Å²) in [5, 5.41) is 2.99. The molecule has 0 saturated carbocycles. The summed E-state index contributed by atoms with van der Waals surface area (Å²) < 4.78 is 0. The Balaban J connectivity index is 2.62. The number of amides is 1. The van der Waals surface area contributed by atoms with Crippen LogP contribution in [0.25, 0.3) is 0 Å². The van der Waals surface area contributed by atoms with Crippen LogP contribution in [0.3, 0.4) is 0 Å². The fourth-order valence-corrected chi connectivity index (χ4v) is 2.03. The van der Waals surface area contributed by atoms with Gasteiger partial charge in [0.25, 0.3) is 0 Å². The number of rotatable bonds is 6. The second kappa shape index (κ2) is 6.55. The monoisotopic (exact) mass is 248 g/mol. The molecule has 0 aliphatic carbocycles. The number of hydrogen-bond donors (Lipinski definition) is 2. The summed E-state index contributed by atoms with van der Waals surface area (Å²) in [6.07, 6.45) is 1.56. The molecule has 0 atom stereocenters. The smallest absolute Gasteiger partial charge is 0.227 e. The summed E-state index contributed by atoms with van der Waals surface area (Å²) in [5.41, 5.74) is 7.69. The van der Waals surface area contributed by atoms with Gasteiger partial charge in [-0.25, -0.2) is 0 Å². The summed E-state index contributed by atoms with van der Waals surface area (Å²) in [6, 6.07) is 8.18. The Morgan fingerprint density at radius 1 is 1.22 bits per heavy atom. The van der Waals surface area contributed by atoms with E-state index in [1.54, 1.807) is 0 Å². The van der Waals surface area contributed by atoms with Crippen LogP contribution in [0.5, 0.6) is 0 Å². The van der Waals surface area contributed by atoms with Gasteiger partial charge >= 0.3 is 0 Å². The molecular weight excluding hydrogens is 224 g/mol. The third kappa shape index (κ3) is 3.33. The minimum Gasteiger partial charge on any atom is -0.352 e. The van der Waals surface area contributed by atoms with Crippen LogP contribution in [0.2, 0.25) is 0 Å². The van der Waals surface area contributed by atoms with E-state index in [2.05, 4.69) is 24.4 Å². The molecule has 0 fully saturated rings. The molecule has 1 aromatic rings. The van der Waals surface area contributed by atoms with Crippen LogP contribution >= 0.6 is 0 Å². The molecule has 0 aliphatic rings. The van der Waals surface area contributed by atoms with E-state index in [0.29, 0.717) is 13.1 Å². The molecule has 0 bridgehead atoms. The minimum absolute atomic E-state index is 0.0653. The molecule has 3 nitrogen and oxygen atoms in total. The van der Waals surface area contributed by atoms with Gasteiger partial charge in [0.2, 0.25) is 5.91 Å². The molecule has 18 heavy (non-hydrogen) atoms. The molecule has 1 rings (SSSR count). The number of nitrogens with one attached hydrogen (secondary N) is 1. The standard InChI is InChI=1S/C15H24N2O/c1-4-15(5-2,11-16)14(18)17-10-13-8-6-12(3)7-9-13/h6-9H,4-5,10-11,16H2,1-3H3,(H,17,18). The van der Waals surface area contributed by atoms with E-state index in [-0.39, 0.29) is 5.91 Å². The summed E-state index contributed by atoms with van der Waals surface area (Å²) >= 11 is 0. The van der Waals surface area contributed by atoms with Crippen LogP contribution in [-0.2, 0) is 11.3 Å². The Hall–Kier alpha value is -1.35. The number of benzene rings is 1. The zero-order valence-electron chi connectivity index (χ0n) is 11.6. The highest BCUT2D eigenvalue weighted by Gasteiger charge is 2.32. The van der Waals surface area contributed by atoms with Crippen LogP contribution in [0.1, 0.15) is 37.8 Å². The zero-order chi connectivity index (χ0) is 13.6. The third-order valence-corrected chi connectivity index (χ3v) is 3.80. The lowest BCUT2D eigenvalue weighted by molar-refractivity contribution is -0.131. The molecule has 3 N–H and O–H groups in total. The van der Waals surface area contributed by atoms with Gasteiger partial charge in [-0.3, -0.25) is 4.79 Å². The van der Waals surface area contributed by atoms with Crippen molar-refractivity contribution in [2.24, 2.45) is 11.1 Å². The number of aryl methyl sites for hydroxylation is 1. The fraction of sp³-hybridized carbons (Fsp3) is 0.533. The average Bonchev–Trinajstić information content (AvgIpc) is 2.41. The van der Waals surface area contributed by atoms with E-state index < -0.39 is 5.41 Å². The van der Waals surface area contributed by atoms with Crippen LogP contribution in [-0.4, -0.2) is 12.5 Å². The largest absolute Gasteiger partial charge is 0.352 e. The second-order valence-corrected chi connectivity index (χ2v) is 4.86. The van der Waals surface area contributed by atoms with Gasteiger partial charge in [-0.05, 0) is 25.3 Å². The molecule has 0 aliphatic heterocycles. The molecule has 100 valence electrons. The van der Waals surface area contributed by atoms with E-state index >= 15 is 0 Å². The predicted octanol–water partition coefficient (Wildman–Crippen LogP) is 2.38. The molecule has 0 saturated heterocycles. The Morgan fingerprint density at radius 2 is 1.78 bits per heavy atom. The van der Waals surface area contributed by atoms with Crippen molar-refractivity contribution in [1.29, 1.82) is 0 Å². The second-order valence-electron chi connectivity index (χ2n) is 4.86. The van der Waals surface area contributed by atoms with Crippen LogP contribution in [0.15, 0.2) is 24.3 Å². The van der Waals surface area contributed by atoms with Gasteiger partial charge in [-0.15, -0.1) is 0 Å². The Kier molecular flexibility index (Phi) is 5.35. The normalized spacial score (nSPS) is 11.3. The average molecular weight is 248 g/mol. The highest BCUT2D eigenvalue weighted by molar-refractivity contribution is 5.82. The first-order chi connectivity index (χ1) is 8.57. The SMILES string of the molecule is CCC(CC)(CN)C(=O)NCc1ccc(C)cc1. The highest BCUT2D eigenvalue weighted by atomic mass is 16.2. The van der Waals surface area contributed by atoms with Crippen molar-refractivity contribution in [2.75, 3.05) is 6.54 Å². The van der Waals surface area contributed by atoms with Crippen LogP contribution in [0, 0.1) is 12.3 Å². The summed E-state index contributed by atoms with van der Waals surface area (Å²) in [7, 11) is 0. The molecule has 0 unspecified atom stereocenters. The quantitative estimate of drug-likeness (QED) is 0.812. The lowest BCUT2D eigenvalue weighted by atomic mass is 9.81. The van der Waals surface area contributed by atoms with Gasteiger partial charge in [0.1, 0.15) is 0 Å². The Bertz CT molecular complexity index is 372. The first-order valence-electron chi connectivity index (χ1n) is 6.62. The number of nitrogens with two attached hydrogens (primary N) is 1. The van der Waals surface area contributed by atoms with E-state index in [1.165, 1.54) is 5.56 Å². The maximum atomic E-state index is 12.2. The van der Waals surface area contributed by atoms with Crippen molar-refractivity contribution in [3.63, 3.8) is 0 Å². The number of carbonyl (C=O) groups is 1. The molecule has 1 amide bonds. The first-order valence-corrected chi connectivity index (χ1v) is 6.62. The molecule has 3 heteroatoms. The zero-order valence-corrected chi connectivity index (χ0v) is 11.6. The molecule has 1 aromatic carbocycles. The highest BCUT2D eigenvalue weighted by Crippen LogP contribution is 2.25. The number of carbonyl (C=O) groups excluding carboxylic acids is 1. The summed E-state index contributed by atoms with van der Waals surface area (Å²) in [4.78, 5) is 12.2. The van der Waals surface area contributed by atoms with Crippen molar-refractivity contribution in [1.82, 2.24) is 5.32 Å². The topological polar surface area (TPSA) is 55.1 Å². The first kappa shape index (κ1) is 14.7. The van der Waals surface area contributed by atoms with Crippen molar-refractivity contribution < 1.29 is 4.79 Å². The lowest BCUT2D eigenvalue weighted by Gasteiger charge is -2.28. The fourth-order valence-electron chi connectivity index (χ4n) is 2.03. The third-order valence-electron chi connectivity index (χ3n) is 3.80. The molecule has 0 aromatic heterocycles. The van der Waals surface area contributed by atoms with E-state index in [0.717, 1.165) is 18.4 Å². The van der Waals surface area contributed by atoms with Crippen LogP contribution in [0.4, 0.5) is 0 Å². The maximum absolute atomic E-state index is 12.2. The summed E-state index contributed by atoms with van der Waals surface area (Å²) in [6.45, 7) is 7.06. The van der Waals surface area contributed by atoms with Gasteiger partial charge in [0, 0.05) is 13.1 Å². The van der Waals surface area contributed by atoms with Gasteiger partial charge in [0.05, 0.1) is 5.41 Å². The number of hydrogen-bond acceptors (Lipinski definition) is 2. The Labute approximate surface area is 110 Å². The molecular formula is C15H24N2O.